The Kier molecular flexibility index (Phi) is 5.33. The van der Waals surface area contributed by atoms with E-state index in [4.69, 9.17) is 11.6 Å². The monoisotopic (exact) mass is 372 g/mol. The minimum Gasteiger partial charge on any atom is -0.324 e. The van der Waals surface area contributed by atoms with Crippen LogP contribution in [0.15, 0.2) is 16.6 Å². The van der Waals surface area contributed by atoms with Gasteiger partial charge < -0.3 is 5.32 Å². The van der Waals surface area contributed by atoms with Gasteiger partial charge >= 0.3 is 0 Å². The summed E-state index contributed by atoms with van der Waals surface area (Å²) in [5.41, 5.74) is 1.71. The standard InChI is InChI=1S/C16H22BrClN2O/c1-9-7-13(17)15(8-14(9)18)19-16(21)12(4)20-10(2)5-6-11(20)3/h7-8,10-12H,5-6H2,1-4H3,(H,19,21). The Morgan fingerprint density at radius 1 is 1.38 bits per heavy atom. The zero-order valence-electron chi connectivity index (χ0n) is 12.9. The van der Waals surface area contributed by atoms with Crippen molar-refractivity contribution in [1.29, 1.82) is 0 Å². The molecule has 3 nitrogen and oxygen atoms in total. The Morgan fingerprint density at radius 3 is 2.52 bits per heavy atom. The Bertz CT molecular complexity index is 539. The first kappa shape index (κ1) is 16.8. The summed E-state index contributed by atoms with van der Waals surface area (Å²) >= 11 is 9.62. The molecule has 0 saturated carbocycles. The summed E-state index contributed by atoms with van der Waals surface area (Å²) in [7, 11) is 0. The highest BCUT2D eigenvalue weighted by molar-refractivity contribution is 9.10. The van der Waals surface area contributed by atoms with Crippen LogP contribution >= 0.6 is 27.5 Å². The maximum atomic E-state index is 12.5. The quantitative estimate of drug-likeness (QED) is 0.839. The Hall–Kier alpha value is -0.580. The van der Waals surface area contributed by atoms with Crippen molar-refractivity contribution < 1.29 is 4.79 Å². The van der Waals surface area contributed by atoms with Gasteiger partial charge in [0.1, 0.15) is 0 Å². The normalized spacial score (nSPS) is 24.1. The molecule has 3 atom stereocenters. The highest BCUT2D eigenvalue weighted by Gasteiger charge is 2.34. The number of hydrogen-bond acceptors (Lipinski definition) is 2. The predicted molar refractivity (Wildman–Crippen MR) is 92.0 cm³/mol. The van der Waals surface area contributed by atoms with Crippen molar-refractivity contribution in [1.82, 2.24) is 4.90 Å². The van der Waals surface area contributed by atoms with Gasteiger partial charge in [0.15, 0.2) is 0 Å². The number of hydrogen-bond donors (Lipinski definition) is 1. The number of benzene rings is 1. The van der Waals surface area contributed by atoms with E-state index in [1.54, 1.807) is 6.07 Å². The number of carbonyl (C=O) groups is 1. The lowest BCUT2D eigenvalue weighted by molar-refractivity contribution is -0.121. The third-order valence-electron chi connectivity index (χ3n) is 4.35. The zero-order chi connectivity index (χ0) is 15.7. The SMILES string of the molecule is Cc1cc(Br)c(NC(=O)C(C)N2C(C)CCC2C)cc1Cl. The van der Waals surface area contributed by atoms with Crippen molar-refractivity contribution in [2.24, 2.45) is 0 Å². The molecule has 5 heteroatoms. The van der Waals surface area contributed by atoms with E-state index in [0.717, 1.165) is 28.6 Å². The first-order valence-electron chi connectivity index (χ1n) is 7.35. The molecule has 2 rings (SSSR count). The van der Waals surface area contributed by atoms with Crippen LogP contribution in [-0.4, -0.2) is 28.9 Å². The van der Waals surface area contributed by atoms with E-state index in [2.05, 4.69) is 40.0 Å². The van der Waals surface area contributed by atoms with Crippen molar-refractivity contribution in [2.45, 2.75) is 58.7 Å². The van der Waals surface area contributed by atoms with Crippen LogP contribution in [0.5, 0.6) is 0 Å². The van der Waals surface area contributed by atoms with Gasteiger partial charge in [-0.25, -0.2) is 0 Å². The van der Waals surface area contributed by atoms with Crippen LogP contribution in [0, 0.1) is 6.92 Å². The molecule has 3 unspecified atom stereocenters. The minimum atomic E-state index is -0.149. The van der Waals surface area contributed by atoms with Crippen LogP contribution in [-0.2, 0) is 4.79 Å². The average Bonchev–Trinajstić information content (AvgIpc) is 2.74. The second-order valence-electron chi connectivity index (χ2n) is 5.97. The molecule has 0 spiro atoms. The van der Waals surface area contributed by atoms with Crippen molar-refractivity contribution >= 4 is 39.1 Å². The number of carbonyl (C=O) groups excluding carboxylic acids is 1. The van der Waals surface area contributed by atoms with E-state index in [1.807, 2.05) is 19.9 Å². The number of amides is 1. The lowest BCUT2D eigenvalue weighted by Crippen LogP contribution is -2.46. The average molecular weight is 374 g/mol. The van der Waals surface area contributed by atoms with Gasteiger partial charge in [0, 0.05) is 21.6 Å². The lowest BCUT2D eigenvalue weighted by Gasteiger charge is -2.31. The van der Waals surface area contributed by atoms with Crippen LogP contribution in [0.3, 0.4) is 0 Å². The minimum absolute atomic E-state index is 0.0104. The van der Waals surface area contributed by atoms with E-state index in [0.29, 0.717) is 17.1 Å². The number of halogens is 2. The maximum absolute atomic E-state index is 12.5. The van der Waals surface area contributed by atoms with Gasteiger partial charge in [-0.05, 0) is 74.2 Å². The third-order valence-corrected chi connectivity index (χ3v) is 5.42. The summed E-state index contributed by atoms with van der Waals surface area (Å²) in [5, 5.41) is 3.64. The summed E-state index contributed by atoms with van der Waals surface area (Å²) in [6.07, 6.45) is 2.30. The Balaban J connectivity index is 2.13. The molecule has 116 valence electrons. The van der Waals surface area contributed by atoms with Crippen molar-refractivity contribution in [3.63, 3.8) is 0 Å². The Morgan fingerprint density at radius 2 is 1.95 bits per heavy atom. The molecule has 1 aromatic rings. The molecular formula is C16H22BrClN2O. The highest BCUT2D eigenvalue weighted by atomic mass is 79.9. The molecule has 0 bridgehead atoms. The van der Waals surface area contributed by atoms with E-state index >= 15 is 0 Å². The number of aryl methyl sites for hydroxylation is 1. The molecule has 1 fully saturated rings. The summed E-state index contributed by atoms with van der Waals surface area (Å²) < 4.78 is 0.854. The molecule has 1 saturated heterocycles. The predicted octanol–water partition coefficient (Wildman–Crippen LogP) is 4.61. The fourth-order valence-electron chi connectivity index (χ4n) is 3.09. The van der Waals surface area contributed by atoms with Gasteiger partial charge in [-0.3, -0.25) is 9.69 Å². The molecule has 21 heavy (non-hydrogen) atoms. The second kappa shape index (κ2) is 6.67. The molecule has 0 aromatic heterocycles. The molecule has 1 amide bonds. The molecule has 0 radical (unpaired) electrons. The zero-order valence-corrected chi connectivity index (χ0v) is 15.3. The molecule has 1 heterocycles. The molecule has 1 aliphatic rings. The molecule has 1 aromatic carbocycles. The topological polar surface area (TPSA) is 32.3 Å². The third kappa shape index (κ3) is 3.61. The van der Waals surface area contributed by atoms with Crippen molar-refractivity contribution in [3.8, 4) is 0 Å². The van der Waals surface area contributed by atoms with Gasteiger partial charge in [0.2, 0.25) is 5.91 Å². The first-order chi connectivity index (χ1) is 9.81. The van der Waals surface area contributed by atoms with Crippen LogP contribution in [0.25, 0.3) is 0 Å². The van der Waals surface area contributed by atoms with Gasteiger partial charge in [0.05, 0.1) is 11.7 Å². The van der Waals surface area contributed by atoms with E-state index < -0.39 is 0 Å². The van der Waals surface area contributed by atoms with E-state index in [-0.39, 0.29) is 11.9 Å². The van der Waals surface area contributed by atoms with Crippen LogP contribution in [0.2, 0.25) is 5.02 Å². The number of rotatable bonds is 3. The second-order valence-corrected chi connectivity index (χ2v) is 7.23. The Labute approximate surface area is 140 Å². The van der Waals surface area contributed by atoms with Crippen LogP contribution in [0.1, 0.15) is 39.2 Å². The number of anilines is 1. The molecule has 0 aliphatic carbocycles. The highest BCUT2D eigenvalue weighted by Crippen LogP contribution is 2.30. The van der Waals surface area contributed by atoms with Gasteiger partial charge in [-0.1, -0.05) is 11.6 Å². The fourth-order valence-corrected chi connectivity index (χ4v) is 3.81. The van der Waals surface area contributed by atoms with Crippen LogP contribution < -0.4 is 5.32 Å². The van der Waals surface area contributed by atoms with Crippen LogP contribution in [0.4, 0.5) is 5.69 Å². The molecular weight excluding hydrogens is 352 g/mol. The summed E-state index contributed by atoms with van der Waals surface area (Å²) in [6, 6.07) is 4.47. The van der Waals surface area contributed by atoms with Gasteiger partial charge in [0.25, 0.3) is 0 Å². The smallest absolute Gasteiger partial charge is 0.241 e. The fraction of sp³-hybridized carbons (Fsp3) is 0.562. The summed E-state index contributed by atoms with van der Waals surface area (Å²) in [4.78, 5) is 14.8. The van der Waals surface area contributed by atoms with Crippen molar-refractivity contribution in [3.05, 3.63) is 27.2 Å². The maximum Gasteiger partial charge on any atom is 0.241 e. The lowest BCUT2D eigenvalue weighted by atomic mass is 10.2. The number of likely N-dealkylation sites (tertiary alicyclic amines) is 1. The van der Waals surface area contributed by atoms with Gasteiger partial charge in [-0.15, -0.1) is 0 Å². The van der Waals surface area contributed by atoms with Crippen molar-refractivity contribution in [2.75, 3.05) is 5.32 Å². The van der Waals surface area contributed by atoms with Gasteiger partial charge in [-0.2, -0.15) is 0 Å². The van der Waals surface area contributed by atoms with E-state index in [9.17, 15) is 4.79 Å². The molecule has 1 aliphatic heterocycles. The largest absolute Gasteiger partial charge is 0.324 e. The molecule has 1 N–H and O–H groups in total. The van der Waals surface area contributed by atoms with E-state index in [1.165, 1.54) is 0 Å². The summed E-state index contributed by atoms with van der Waals surface area (Å²) in [6.45, 7) is 8.28. The number of nitrogens with zero attached hydrogens (tertiary/aromatic N) is 1. The number of nitrogens with one attached hydrogen (secondary N) is 1. The first-order valence-corrected chi connectivity index (χ1v) is 8.52. The summed E-state index contributed by atoms with van der Waals surface area (Å²) in [5.74, 6) is 0.0104.